The second kappa shape index (κ2) is 6.37. The van der Waals surface area contributed by atoms with Crippen molar-refractivity contribution in [3.05, 3.63) is 28.7 Å². The van der Waals surface area contributed by atoms with Crippen LogP contribution < -0.4 is 16.0 Å². The average molecular weight is 340 g/mol. The molecular weight excluding hydrogens is 322 g/mol. The number of carbonyl (C=O) groups excluding carboxylic acids is 2. The van der Waals surface area contributed by atoms with Gasteiger partial charge in [0.1, 0.15) is 5.92 Å². The Kier molecular flexibility index (Phi) is 4.77. The molecule has 0 spiro atoms. The van der Waals surface area contributed by atoms with Gasteiger partial charge in [-0.25, -0.2) is 0 Å². The van der Waals surface area contributed by atoms with Gasteiger partial charge in [0.2, 0.25) is 11.8 Å². The summed E-state index contributed by atoms with van der Waals surface area (Å²) < 4.78 is 0.910. The summed E-state index contributed by atoms with van der Waals surface area (Å²) in [5.41, 5.74) is 6.29. The van der Waals surface area contributed by atoms with E-state index in [-0.39, 0.29) is 17.9 Å². The van der Waals surface area contributed by atoms with E-state index in [1.54, 1.807) is 4.90 Å². The van der Waals surface area contributed by atoms with Crippen LogP contribution in [0.5, 0.6) is 0 Å². The predicted molar refractivity (Wildman–Crippen MR) is 81.3 cm³/mol. The van der Waals surface area contributed by atoms with Crippen LogP contribution in [0.4, 0.5) is 5.69 Å². The zero-order valence-electron chi connectivity index (χ0n) is 11.3. The third kappa shape index (κ3) is 3.19. The number of hydrogen-bond acceptors (Lipinski definition) is 3. The minimum Gasteiger partial charge on any atom is -0.352 e. The summed E-state index contributed by atoms with van der Waals surface area (Å²) >= 11 is 3.38. The second-order valence-corrected chi connectivity index (χ2v) is 5.87. The molecule has 2 atom stereocenters. The van der Waals surface area contributed by atoms with E-state index in [1.165, 1.54) is 0 Å². The molecule has 1 aliphatic heterocycles. The summed E-state index contributed by atoms with van der Waals surface area (Å²) in [4.78, 5) is 26.0. The SMILES string of the molecule is C[C@@H](CN)NC(=O)C1CCN(c2cccc(Br)c2)C1=O. The molecule has 1 heterocycles. The molecule has 1 unspecified atom stereocenters. The lowest BCUT2D eigenvalue weighted by atomic mass is 10.1. The molecule has 0 aliphatic carbocycles. The molecule has 108 valence electrons. The first kappa shape index (κ1) is 15.0. The topological polar surface area (TPSA) is 75.4 Å². The van der Waals surface area contributed by atoms with Crippen molar-refractivity contribution in [1.29, 1.82) is 0 Å². The van der Waals surface area contributed by atoms with E-state index >= 15 is 0 Å². The fraction of sp³-hybridized carbons (Fsp3) is 0.429. The third-order valence-electron chi connectivity index (χ3n) is 3.38. The zero-order valence-corrected chi connectivity index (χ0v) is 12.9. The van der Waals surface area contributed by atoms with Crippen LogP contribution >= 0.6 is 15.9 Å². The van der Waals surface area contributed by atoms with Crippen molar-refractivity contribution in [3.8, 4) is 0 Å². The molecule has 1 aromatic rings. The van der Waals surface area contributed by atoms with Gasteiger partial charge in [-0.2, -0.15) is 0 Å². The first-order valence-electron chi connectivity index (χ1n) is 6.60. The van der Waals surface area contributed by atoms with E-state index in [9.17, 15) is 9.59 Å². The fourth-order valence-corrected chi connectivity index (χ4v) is 2.61. The minimum absolute atomic E-state index is 0.116. The molecule has 1 aromatic carbocycles. The molecule has 0 bridgehead atoms. The second-order valence-electron chi connectivity index (χ2n) is 4.96. The maximum absolute atomic E-state index is 12.3. The van der Waals surface area contributed by atoms with Crippen LogP contribution in [0.2, 0.25) is 0 Å². The van der Waals surface area contributed by atoms with E-state index in [0.717, 1.165) is 10.2 Å². The number of carbonyl (C=O) groups is 2. The van der Waals surface area contributed by atoms with Gasteiger partial charge in [-0.15, -0.1) is 0 Å². The van der Waals surface area contributed by atoms with Crippen LogP contribution in [0.15, 0.2) is 28.7 Å². The molecule has 1 saturated heterocycles. The van der Waals surface area contributed by atoms with E-state index in [0.29, 0.717) is 19.5 Å². The van der Waals surface area contributed by atoms with Gasteiger partial charge in [0.15, 0.2) is 0 Å². The van der Waals surface area contributed by atoms with Crippen LogP contribution in [0.25, 0.3) is 0 Å². The van der Waals surface area contributed by atoms with Gasteiger partial charge in [-0.1, -0.05) is 22.0 Å². The average Bonchev–Trinajstić information content (AvgIpc) is 2.80. The fourth-order valence-electron chi connectivity index (χ4n) is 2.23. The minimum atomic E-state index is -0.608. The lowest BCUT2D eigenvalue weighted by molar-refractivity contribution is -0.132. The third-order valence-corrected chi connectivity index (χ3v) is 3.88. The summed E-state index contributed by atoms with van der Waals surface area (Å²) in [6.07, 6.45) is 0.536. The Hall–Kier alpha value is -1.40. The Labute approximate surface area is 126 Å². The van der Waals surface area contributed by atoms with E-state index in [4.69, 9.17) is 5.73 Å². The van der Waals surface area contributed by atoms with Crippen molar-refractivity contribution in [2.45, 2.75) is 19.4 Å². The van der Waals surface area contributed by atoms with Gasteiger partial charge in [0, 0.05) is 29.3 Å². The maximum Gasteiger partial charge on any atom is 0.239 e. The van der Waals surface area contributed by atoms with Crippen molar-refractivity contribution < 1.29 is 9.59 Å². The van der Waals surface area contributed by atoms with Crippen molar-refractivity contribution in [2.75, 3.05) is 18.0 Å². The quantitative estimate of drug-likeness (QED) is 0.811. The van der Waals surface area contributed by atoms with Crippen LogP contribution in [0.3, 0.4) is 0 Å². The number of hydrogen-bond donors (Lipinski definition) is 2. The molecule has 0 aromatic heterocycles. The van der Waals surface area contributed by atoms with E-state index in [2.05, 4.69) is 21.2 Å². The van der Waals surface area contributed by atoms with E-state index < -0.39 is 5.92 Å². The summed E-state index contributed by atoms with van der Waals surface area (Å²) in [5.74, 6) is -0.988. The Morgan fingerprint density at radius 2 is 2.35 bits per heavy atom. The monoisotopic (exact) mass is 339 g/mol. The molecule has 0 saturated carbocycles. The highest BCUT2D eigenvalue weighted by molar-refractivity contribution is 9.10. The molecule has 1 aliphatic rings. The smallest absolute Gasteiger partial charge is 0.239 e. The number of anilines is 1. The number of nitrogens with one attached hydrogen (secondary N) is 1. The number of nitrogens with zero attached hydrogens (tertiary/aromatic N) is 1. The molecule has 3 N–H and O–H groups in total. The Morgan fingerprint density at radius 3 is 3.00 bits per heavy atom. The maximum atomic E-state index is 12.3. The standard InChI is InChI=1S/C14H18BrN3O2/c1-9(8-16)17-13(19)12-5-6-18(14(12)20)11-4-2-3-10(15)7-11/h2-4,7,9,12H,5-6,8,16H2,1H3,(H,17,19)/t9-,12?/m0/s1. The van der Waals surface area contributed by atoms with Gasteiger partial charge < -0.3 is 16.0 Å². The normalized spacial score (nSPS) is 20.1. The molecule has 6 heteroatoms. The summed E-state index contributed by atoms with van der Waals surface area (Å²) in [6, 6.07) is 7.40. The van der Waals surface area contributed by atoms with Gasteiger partial charge in [0.05, 0.1) is 0 Å². The molecular formula is C14H18BrN3O2. The van der Waals surface area contributed by atoms with Crippen molar-refractivity contribution >= 4 is 33.4 Å². The van der Waals surface area contributed by atoms with E-state index in [1.807, 2.05) is 31.2 Å². The summed E-state index contributed by atoms with van der Waals surface area (Å²) in [7, 11) is 0. The molecule has 5 nitrogen and oxygen atoms in total. The van der Waals surface area contributed by atoms with Gasteiger partial charge in [-0.3, -0.25) is 9.59 Å². The molecule has 2 rings (SSSR count). The molecule has 1 fully saturated rings. The van der Waals surface area contributed by atoms with Crippen molar-refractivity contribution in [2.24, 2.45) is 11.7 Å². The lowest BCUT2D eigenvalue weighted by Gasteiger charge is -2.18. The highest BCUT2D eigenvalue weighted by atomic mass is 79.9. The van der Waals surface area contributed by atoms with Gasteiger partial charge >= 0.3 is 0 Å². The van der Waals surface area contributed by atoms with Crippen LogP contribution in [0.1, 0.15) is 13.3 Å². The van der Waals surface area contributed by atoms with Crippen LogP contribution in [-0.2, 0) is 9.59 Å². The number of rotatable bonds is 4. The molecule has 0 radical (unpaired) electrons. The van der Waals surface area contributed by atoms with Crippen LogP contribution in [-0.4, -0.2) is 30.9 Å². The highest BCUT2D eigenvalue weighted by Gasteiger charge is 2.37. The number of benzene rings is 1. The Bertz CT molecular complexity index is 521. The molecule has 20 heavy (non-hydrogen) atoms. The predicted octanol–water partition coefficient (Wildman–Crippen LogP) is 1.27. The summed E-state index contributed by atoms with van der Waals surface area (Å²) in [5, 5.41) is 2.76. The first-order valence-corrected chi connectivity index (χ1v) is 7.39. The Morgan fingerprint density at radius 1 is 1.60 bits per heavy atom. The number of nitrogens with two attached hydrogens (primary N) is 1. The van der Waals surface area contributed by atoms with Gasteiger partial charge in [-0.05, 0) is 31.5 Å². The molecule has 2 amide bonds. The lowest BCUT2D eigenvalue weighted by Crippen LogP contribution is -2.43. The van der Waals surface area contributed by atoms with Crippen molar-refractivity contribution in [1.82, 2.24) is 5.32 Å². The van der Waals surface area contributed by atoms with Crippen molar-refractivity contribution in [3.63, 3.8) is 0 Å². The largest absolute Gasteiger partial charge is 0.352 e. The number of amides is 2. The highest BCUT2D eigenvalue weighted by Crippen LogP contribution is 2.27. The van der Waals surface area contributed by atoms with Gasteiger partial charge in [0.25, 0.3) is 0 Å². The number of halogens is 1. The summed E-state index contributed by atoms with van der Waals surface area (Å²) in [6.45, 7) is 2.75. The Balaban J connectivity index is 2.08. The first-order chi connectivity index (χ1) is 9.52. The van der Waals surface area contributed by atoms with Crippen LogP contribution in [0, 0.1) is 5.92 Å². The zero-order chi connectivity index (χ0) is 14.7.